The highest BCUT2D eigenvalue weighted by atomic mass is 35.5. The first kappa shape index (κ1) is 17.2. The quantitative estimate of drug-likeness (QED) is 0.794. The Morgan fingerprint density at radius 1 is 1.00 bits per heavy atom. The summed E-state index contributed by atoms with van der Waals surface area (Å²) in [5.41, 5.74) is 1.26. The van der Waals surface area contributed by atoms with Gasteiger partial charge in [-0.1, -0.05) is 35.3 Å². The number of halogens is 2. The maximum absolute atomic E-state index is 6.30. The molecule has 0 bridgehead atoms. The Kier molecular flexibility index (Phi) is 4.51. The van der Waals surface area contributed by atoms with Crippen molar-refractivity contribution in [3.05, 3.63) is 48.5 Å². The molecule has 0 saturated carbocycles. The van der Waals surface area contributed by atoms with Gasteiger partial charge >= 0.3 is 0 Å². The molecule has 1 aromatic heterocycles. The van der Waals surface area contributed by atoms with E-state index in [1.54, 1.807) is 40.5 Å². The van der Waals surface area contributed by atoms with Crippen LogP contribution in [-0.4, -0.2) is 38.2 Å². The second-order valence-corrected chi connectivity index (χ2v) is 6.87. The molecule has 4 radical (unpaired) electrons. The van der Waals surface area contributed by atoms with Gasteiger partial charge in [-0.2, -0.15) is 0 Å². The minimum absolute atomic E-state index is 0.0149. The Morgan fingerprint density at radius 3 is 2.18 bits per heavy atom. The first-order valence-electron chi connectivity index (χ1n) is 6.59. The number of rotatable bonds is 3. The molecule has 0 saturated heterocycles. The molecule has 0 atom stereocenters. The lowest BCUT2D eigenvalue weighted by Gasteiger charge is -2.26. The van der Waals surface area contributed by atoms with Crippen LogP contribution in [0.1, 0.15) is 0 Å². The van der Waals surface area contributed by atoms with Gasteiger partial charge in [-0.25, -0.2) is 4.98 Å². The van der Waals surface area contributed by atoms with E-state index in [1.165, 1.54) is 0 Å². The van der Waals surface area contributed by atoms with E-state index < -0.39 is 0 Å². The van der Waals surface area contributed by atoms with E-state index in [0.29, 0.717) is 32.9 Å². The molecule has 0 amide bonds. The van der Waals surface area contributed by atoms with Crippen molar-refractivity contribution in [2.45, 2.75) is 0 Å². The molecule has 0 aliphatic carbocycles. The molecule has 6 heteroatoms. The fourth-order valence-corrected chi connectivity index (χ4v) is 2.32. The second kappa shape index (κ2) is 5.78. The van der Waals surface area contributed by atoms with Crippen molar-refractivity contribution >= 4 is 34.8 Å². The summed E-state index contributed by atoms with van der Waals surface area (Å²) in [6, 6.07) is 5.36. The lowest BCUT2D eigenvalue weighted by molar-refractivity contribution is 0.489. The summed E-state index contributed by atoms with van der Waals surface area (Å²) in [6.45, 7) is 0. The van der Waals surface area contributed by atoms with Crippen LogP contribution in [0, 0.1) is 14.1 Å². The maximum Gasteiger partial charge on any atom is 0.259 e. The molecule has 114 valence electrons. The van der Waals surface area contributed by atoms with Crippen molar-refractivity contribution in [3.8, 4) is 11.3 Å². The highest BCUT2D eigenvalue weighted by Crippen LogP contribution is 2.38. The third-order valence-electron chi connectivity index (χ3n) is 3.08. The van der Waals surface area contributed by atoms with Crippen LogP contribution in [0.25, 0.3) is 11.3 Å². The Morgan fingerprint density at radius 2 is 1.64 bits per heavy atom. The molecule has 2 aromatic rings. The average Bonchev–Trinajstić information content (AvgIpc) is 2.39. The van der Waals surface area contributed by atoms with Gasteiger partial charge in [0.05, 0.1) is 38.2 Å². The van der Waals surface area contributed by atoms with Crippen LogP contribution in [0.2, 0.25) is 10.0 Å². The second-order valence-electron chi connectivity index (χ2n) is 6.08. The average molecular weight is 337 g/mol. The van der Waals surface area contributed by atoms with Crippen molar-refractivity contribution in [1.82, 2.24) is 18.9 Å². The molecule has 4 nitrogen and oxygen atoms in total. The zero-order valence-corrected chi connectivity index (χ0v) is 14.5. The van der Waals surface area contributed by atoms with E-state index in [0.717, 1.165) is 0 Å². The number of hydrogen-bond acceptors (Lipinski definition) is 2. The van der Waals surface area contributed by atoms with Crippen molar-refractivity contribution in [1.29, 1.82) is 0 Å². The van der Waals surface area contributed by atoms with E-state index >= 15 is 0 Å². The van der Waals surface area contributed by atoms with Crippen LogP contribution in [-0.2, 0) is 0 Å². The van der Waals surface area contributed by atoms with Crippen LogP contribution in [0.3, 0.4) is 0 Å². The molecule has 22 heavy (non-hydrogen) atoms. The standard InChI is InChI=1S/C16H18Cl2N4/c1-21(2,3)13-10-19-15(16(20-13)22(4,5)6)11-8-7-9-12(17)14(11)18/h1,4,7-10H,2-3,5-6H3/q+2. The largest absolute Gasteiger partial charge is 0.265 e. The number of benzene rings is 1. The monoisotopic (exact) mass is 336 g/mol. The molecule has 1 heterocycles. The van der Waals surface area contributed by atoms with Gasteiger partial charge in [-0.05, 0) is 6.07 Å². The minimum atomic E-state index is -0.0149. The van der Waals surface area contributed by atoms with Crippen LogP contribution in [0.4, 0.5) is 11.6 Å². The Balaban J connectivity index is 2.74. The van der Waals surface area contributed by atoms with Crippen molar-refractivity contribution in [3.63, 3.8) is 0 Å². The predicted molar refractivity (Wildman–Crippen MR) is 93.4 cm³/mol. The first-order valence-corrected chi connectivity index (χ1v) is 7.35. The van der Waals surface area contributed by atoms with E-state index in [-0.39, 0.29) is 8.97 Å². The zero-order chi connectivity index (χ0) is 16.7. The SMILES string of the molecule is [CH][N+](C)(C)c1cnc(-c2cccc(Cl)c2Cl)c([N+]([CH])(C)C)n1. The smallest absolute Gasteiger partial charge is 0.259 e. The van der Waals surface area contributed by atoms with Gasteiger partial charge in [-0.3, -0.25) is 8.97 Å². The van der Waals surface area contributed by atoms with E-state index in [2.05, 4.69) is 9.97 Å². The topological polar surface area (TPSA) is 25.8 Å². The van der Waals surface area contributed by atoms with Gasteiger partial charge in [0.2, 0.25) is 14.1 Å². The van der Waals surface area contributed by atoms with Gasteiger partial charge in [0, 0.05) is 5.56 Å². The summed E-state index contributed by atoms with van der Waals surface area (Å²) in [4.78, 5) is 9.08. The summed E-state index contributed by atoms with van der Waals surface area (Å²) in [6.07, 6.45) is 1.62. The number of hydrogen-bond donors (Lipinski definition) is 0. The molecule has 0 spiro atoms. The Labute approximate surface area is 142 Å². The third kappa shape index (κ3) is 3.41. The van der Waals surface area contributed by atoms with Gasteiger partial charge in [0.15, 0.2) is 5.69 Å². The van der Waals surface area contributed by atoms with Crippen LogP contribution in [0.5, 0.6) is 0 Å². The van der Waals surface area contributed by atoms with Crippen molar-refractivity contribution in [2.75, 3.05) is 28.2 Å². The molecular weight excluding hydrogens is 319 g/mol. The lowest BCUT2D eigenvalue weighted by atomic mass is 10.1. The highest BCUT2D eigenvalue weighted by molar-refractivity contribution is 6.43. The number of quaternary nitrogens is 2. The number of aromatic nitrogens is 2. The molecule has 1 aromatic carbocycles. The molecule has 2 rings (SSSR count). The normalized spacial score (nSPS) is 12.5. The summed E-state index contributed by atoms with van der Waals surface area (Å²) in [5, 5.41) is 0.871. The Hall–Kier alpha value is -1.20. The fraction of sp³-hybridized carbons (Fsp3) is 0.250. The first-order chi connectivity index (χ1) is 10.0. The number of nitrogens with zero attached hydrogens (tertiary/aromatic N) is 4. The van der Waals surface area contributed by atoms with Gasteiger partial charge < -0.3 is 0 Å². The predicted octanol–water partition coefficient (Wildman–Crippen LogP) is 3.92. The minimum Gasteiger partial charge on any atom is -0.265 e. The van der Waals surface area contributed by atoms with Gasteiger partial charge in [0.1, 0.15) is 6.20 Å². The third-order valence-corrected chi connectivity index (χ3v) is 3.90. The zero-order valence-electron chi connectivity index (χ0n) is 13.0. The molecule has 0 N–H and O–H groups in total. The van der Waals surface area contributed by atoms with Crippen molar-refractivity contribution in [2.24, 2.45) is 0 Å². The van der Waals surface area contributed by atoms with Crippen LogP contribution in [0.15, 0.2) is 24.4 Å². The van der Waals surface area contributed by atoms with Gasteiger partial charge in [-0.15, -0.1) is 4.98 Å². The van der Waals surface area contributed by atoms with E-state index in [9.17, 15) is 0 Å². The molecule has 0 unspecified atom stereocenters. The molecular formula is C16H18Cl2N4+2. The summed E-state index contributed by atoms with van der Waals surface area (Å²) in [7, 11) is 19.5. The lowest BCUT2D eigenvalue weighted by Crippen LogP contribution is -2.37. The fourth-order valence-electron chi connectivity index (χ4n) is 1.93. The highest BCUT2D eigenvalue weighted by Gasteiger charge is 2.29. The van der Waals surface area contributed by atoms with Crippen LogP contribution >= 0.6 is 23.2 Å². The molecule has 0 fully saturated rings. The summed E-state index contributed by atoms with van der Waals surface area (Å²) in [5.74, 6) is 1.15. The Bertz CT molecular complexity index is 700. The summed E-state index contributed by atoms with van der Waals surface area (Å²) >= 11 is 12.4. The molecule has 0 aliphatic heterocycles. The van der Waals surface area contributed by atoms with E-state index in [4.69, 9.17) is 37.3 Å². The summed E-state index contributed by atoms with van der Waals surface area (Å²) < 4.78 is 0.0303. The molecule has 0 aliphatic rings. The van der Waals surface area contributed by atoms with Crippen molar-refractivity contribution < 1.29 is 0 Å². The van der Waals surface area contributed by atoms with E-state index in [1.807, 2.05) is 12.1 Å². The van der Waals surface area contributed by atoms with Gasteiger partial charge in [0.25, 0.3) is 11.6 Å². The van der Waals surface area contributed by atoms with Crippen LogP contribution < -0.4 is 8.97 Å². The maximum atomic E-state index is 6.30.